The Balaban J connectivity index is 0.000000223. The molecule has 4 aliphatic rings. The van der Waals surface area contributed by atoms with Crippen LogP contribution >= 0.6 is 0 Å². The number of rotatable bonds is 0. The highest BCUT2D eigenvalue weighted by atomic mass is 16.3. The summed E-state index contributed by atoms with van der Waals surface area (Å²) in [5.41, 5.74) is 2.65. The van der Waals surface area contributed by atoms with Crippen molar-refractivity contribution in [2.75, 3.05) is 0 Å². The van der Waals surface area contributed by atoms with Gasteiger partial charge in [0, 0.05) is 0 Å². The lowest BCUT2D eigenvalue weighted by atomic mass is 9.37. The van der Waals surface area contributed by atoms with Crippen LogP contribution < -0.4 is 0 Å². The first kappa shape index (κ1) is 27.0. The van der Waals surface area contributed by atoms with Crippen molar-refractivity contribution in [2.45, 2.75) is 135 Å². The predicted molar refractivity (Wildman–Crippen MR) is 130 cm³/mol. The Morgan fingerprint density at radius 3 is 1.28 bits per heavy atom. The Morgan fingerprint density at radius 1 is 0.690 bits per heavy atom. The van der Waals surface area contributed by atoms with E-state index in [4.69, 9.17) is 0 Å². The van der Waals surface area contributed by atoms with Gasteiger partial charge in [-0.05, 0) is 83.4 Å². The molecule has 0 aromatic heterocycles. The van der Waals surface area contributed by atoms with Crippen molar-refractivity contribution in [1.82, 2.24) is 0 Å². The van der Waals surface area contributed by atoms with Gasteiger partial charge in [0.15, 0.2) is 0 Å². The first-order valence-electron chi connectivity index (χ1n) is 12.4. The lowest BCUT2D eigenvalue weighted by Crippen LogP contribution is -2.58. The van der Waals surface area contributed by atoms with Crippen molar-refractivity contribution < 1.29 is 5.11 Å². The topological polar surface area (TPSA) is 20.2 Å². The zero-order valence-corrected chi connectivity index (χ0v) is 22.5. The molecule has 3 atom stereocenters. The second kappa shape index (κ2) is 8.84. The summed E-state index contributed by atoms with van der Waals surface area (Å²) in [6.07, 6.45) is 8.06. The highest BCUT2D eigenvalue weighted by molar-refractivity contribution is 5.11. The zero-order chi connectivity index (χ0) is 23.1. The van der Waals surface area contributed by atoms with E-state index in [2.05, 4.69) is 90.0 Å². The Labute approximate surface area is 184 Å². The van der Waals surface area contributed by atoms with Gasteiger partial charge < -0.3 is 5.11 Å². The average Bonchev–Trinajstić information content (AvgIpc) is 2.34. The highest BCUT2D eigenvalue weighted by Crippen LogP contribution is 2.71. The normalized spacial score (nSPS) is 34.6. The van der Waals surface area contributed by atoms with Crippen LogP contribution in [-0.2, 0) is 0 Å². The van der Waals surface area contributed by atoms with Crippen molar-refractivity contribution in [3.05, 3.63) is 0 Å². The fourth-order valence-electron chi connectivity index (χ4n) is 4.48. The Bertz CT molecular complexity index is 473. The van der Waals surface area contributed by atoms with Gasteiger partial charge in [-0.2, -0.15) is 0 Å². The quantitative estimate of drug-likeness (QED) is 0.424. The molecule has 29 heavy (non-hydrogen) atoms. The molecule has 0 unspecified atom stereocenters. The van der Waals surface area contributed by atoms with Crippen LogP contribution in [0.25, 0.3) is 0 Å². The predicted octanol–water partition coefficient (Wildman–Crippen LogP) is 8.74. The SMILES string of the molecule is CC(C)(C)C(C)(C)C.CC(C)(C)C12CC(C1)C2.C[C@@H]1CC[C@@H](C(C)(C)C)C[C@H]1O. The molecule has 0 radical (unpaired) electrons. The molecule has 0 aromatic rings. The van der Waals surface area contributed by atoms with Gasteiger partial charge >= 0.3 is 0 Å². The Hall–Kier alpha value is -0.0400. The average molecular weight is 409 g/mol. The van der Waals surface area contributed by atoms with E-state index in [1.54, 1.807) is 0 Å². The summed E-state index contributed by atoms with van der Waals surface area (Å²) in [5.74, 6) is 2.37. The number of hydrogen-bond acceptors (Lipinski definition) is 1. The molecular formula is C28H56O. The summed E-state index contributed by atoms with van der Waals surface area (Å²) in [6.45, 7) is 29.8. The molecule has 1 heteroatoms. The smallest absolute Gasteiger partial charge is 0.0568 e. The second-order valence-corrected chi connectivity index (χ2v) is 14.9. The molecule has 0 aromatic carbocycles. The van der Waals surface area contributed by atoms with Crippen molar-refractivity contribution in [3.63, 3.8) is 0 Å². The van der Waals surface area contributed by atoms with Gasteiger partial charge in [0.05, 0.1) is 6.10 Å². The minimum Gasteiger partial charge on any atom is -0.393 e. The van der Waals surface area contributed by atoms with Gasteiger partial charge in [-0.25, -0.2) is 0 Å². The molecule has 174 valence electrons. The van der Waals surface area contributed by atoms with Gasteiger partial charge in [-0.1, -0.05) is 90.0 Å². The third-order valence-corrected chi connectivity index (χ3v) is 9.26. The van der Waals surface area contributed by atoms with Crippen molar-refractivity contribution in [2.24, 2.45) is 44.8 Å². The van der Waals surface area contributed by atoms with Crippen LogP contribution in [0.4, 0.5) is 0 Å². The molecule has 4 saturated carbocycles. The molecule has 1 nitrogen and oxygen atoms in total. The molecule has 4 aliphatic carbocycles. The fraction of sp³-hybridized carbons (Fsp3) is 1.00. The van der Waals surface area contributed by atoms with E-state index in [0.717, 1.165) is 17.8 Å². The van der Waals surface area contributed by atoms with Crippen LogP contribution in [-0.4, -0.2) is 11.2 Å². The number of aliphatic hydroxyl groups excluding tert-OH is 1. The zero-order valence-electron chi connectivity index (χ0n) is 22.5. The van der Waals surface area contributed by atoms with Crippen LogP contribution in [0.3, 0.4) is 0 Å². The van der Waals surface area contributed by atoms with Crippen molar-refractivity contribution in [3.8, 4) is 0 Å². The van der Waals surface area contributed by atoms with Gasteiger partial charge in [0.2, 0.25) is 0 Å². The van der Waals surface area contributed by atoms with E-state index >= 15 is 0 Å². The van der Waals surface area contributed by atoms with Crippen molar-refractivity contribution >= 4 is 0 Å². The first-order chi connectivity index (χ1) is 12.7. The standard InChI is InChI=1S/C11H22O.C9H16.C8H18/c1-8-5-6-9(7-10(8)12)11(2,3)4;1-8(2,3)9-4-7(5-9)6-9;1-7(2,3)8(4,5)6/h8-10,12H,5-7H2,1-4H3;7H,4-6H2,1-3H3;1-6H3/t8-,9-,10-;;/m1../s1. The molecular weight excluding hydrogens is 352 g/mol. The lowest BCUT2D eigenvalue weighted by molar-refractivity contribution is -0.181. The molecule has 4 rings (SSSR count). The van der Waals surface area contributed by atoms with Crippen molar-refractivity contribution in [1.29, 1.82) is 0 Å². The van der Waals surface area contributed by atoms with Crippen LogP contribution in [0.15, 0.2) is 0 Å². The maximum Gasteiger partial charge on any atom is 0.0568 e. The highest BCUT2D eigenvalue weighted by Gasteiger charge is 2.61. The molecule has 1 N–H and O–H groups in total. The summed E-state index contributed by atoms with van der Waals surface area (Å²) >= 11 is 0. The summed E-state index contributed by atoms with van der Waals surface area (Å²) in [4.78, 5) is 0. The summed E-state index contributed by atoms with van der Waals surface area (Å²) in [7, 11) is 0. The first-order valence-corrected chi connectivity index (χ1v) is 12.4. The van der Waals surface area contributed by atoms with E-state index in [-0.39, 0.29) is 6.10 Å². The largest absolute Gasteiger partial charge is 0.393 e. The Kier molecular flexibility index (Phi) is 8.22. The van der Waals surface area contributed by atoms with E-state index in [0.29, 0.717) is 33.5 Å². The van der Waals surface area contributed by atoms with Gasteiger partial charge in [0.25, 0.3) is 0 Å². The molecule has 0 spiro atoms. The number of aliphatic hydroxyl groups is 1. The van der Waals surface area contributed by atoms with Crippen LogP contribution in [0.1, 0.15) is 129 Å². The monoisotopic (exact) mass is 408 g/mol. The summed E-state index contributed by atoms with van der Waals surface area (Å²) in [6, 6.07) is 0. The third-order valence-electron chi connectivity index (χ3n) is 9.26. The second-order valence-electron chi connectivity index (χ2n) is 14.9. The number of hydrogen-bond donors (Lipinski definition) is 1. The van der Waals surface area contributed by atoms with E-state index in [9.17, 15) is 5.11 Å². The molecule has 0 amide bonds. The third kappa shape index (κ3) is 6.98. The van der Waals surface area contributed by atoms with Gasteiger partial charge in [-0.3, -0.25) is 0 Å². The maximum atomic E-state index is 9.71. The maximum absolute atomic E-state index is 9.71. The van der Waals surface area contributed by atoms with Crippen LogP contribution in [0.5, 0.6) is 0 Å². The minimum absolute atomic E-state index is 0.0528. The summed E-state index contributed by atoms with van der Waals surface area (Å²) in [5, 5.41) is 9.71. The summed E-state index contributed by atoms with van der Waals surface area (Å²) < 4.78 is 0. The van der Waals surface area contributed by atoms with Crippen LogP contribution in [0.2, 0.25) is 0 Å². The Morgan fingerprint density at radius 2 is 1.10 bits per heavy atom. The van der Waals surface area contributed by atoms with E-state index < -0.39 is 0 Å². The molecule has 4 fully saturated rings. The lowest BCUT2D eigenvalue weighted by Gasteiger charge is -2.68. The molecule has 0 heterocycles. The minimum atomic E-state index is -0.0528. The van der Waals surface area contributed by atoms with Gasteiger partial charge in [-0.15, -0.1) is 0 Å². The molecule has 2 bridgehead atoms. The van der Waals surface area contributed by atoms with Crippen LogP contribution in [0, 0.1) is 44.8 Å². The van der Waals surface area contributed by atoms with E-state index in [1.165, 1.54) is 32.1 Å². The van der Waals surface area contributed by atoms with E-state index in [1.807, 2.05) is 0 Å². The molecule has 0 saturated heterocycles. The fourth-order valence-corrected chi connectivity index (χ4v) is 4.48. The molecule has 0 aliphatic heterocycles. The van der Waals surface area contributed by atoms with Gasteiger partial charge in [0.1, 0.15) is 0 Å².